The summed E-state index contributed by atoms with van der Waals surface area (Å²) in [7, 11) is 0. The van der Waals surface area contributed by atoms with E-state index in [-0.39, 0.29) is 11.0 Å². The van der Waals surface area contributed by atoms with Crippen molar-refractivity contribution < 1.29 is 0 Å². The molecule has 1 fully saturated rings. The van der Waals surface area contributed by atoms with Gasteiger partial charge in [0.05, 0.1) is 0 Å². The summed E-state index contributed by atoms with van der Waals surface area (Å²) in [6, 6.07) is 8.16. The van der Waals surface area contributed by atoms with E-state index in [1.165, 1.54) is 24.8 Å². The number of halogens is 1. The van der Waals surface area contributed by atoms with Gasteiger partial charge < -0.3 is 5.73 Å². The molecule has 1 aromatic rings. The van der Waals surface area contributed by atoms with Gasteiger partial charge in [0.1, 0.15) is 0 Å². The zero-order valence-electron chi connectivity index (χ0n) is 9.39. The number of benzene rings is 1. The Balaban J connectivity index is 2.39. The molecular formula is C13H18ClN. The zero-order valence-corrected chi connectivity index (χ0v) is 10.1. The van der Waals surface area contributed by atoms with Gasteiger partial charge >= 0.3 is 0 Å². The van der Waals surface area contributed by atoms with Crippen LogP contribution in [0.1, 0.15) is 38.7 Å². The van der Waals surface area contributed by atoms with Crippen LogP contribution in [0, 0.1) is 0 Å². The van der Waals surface area contributed by atoms with Crippen LogP contribution in [0.4, 0.5) is 0 Å². The molecule has 1 aliphatic rings. The average Bonchev–Trinajstić information content (AvgIpc) is 2.03. The van der Waals surface area contributed by atoms with Crippen molar-refractivity contribution in [3.63, 3.8) is 0 Å². The molecule has 0 aliphatic heterocycles. The second kappa shape index (κ2) is 3.50. The first-order chi connectivity index (χ1) is 6.96. The van der Waals surface area contributed by atoms with Gasteiger partial charge in [-0.2, -0.15) is 0 Å². The fourth-order valence-electron chi connectivity index (χ4n) is 2.60. The van der Waals surface area contributed by atoms with Crippen molar-refractivity contribution in [1.82, 2.24) is 0 Å². The molecular weight excluding hydrogens is 206 g/mol. The van der Waals surface area contributed by atoms with Crippen molar-refractivity contribution >= 4 is 11.6 Å². The van der Waals surface area contributed by atoms with E-state index < -0.39 is 0 Å². The lowest BCUT2D eigenvalue weighted by Gasteiger charge is -2.52. The Kier molecular flexibility index (Phi) is 2.56. The van der Waals surface area contributed by atoms with E-state index in [4.69, 9.17) is 17.3 Å². The van der Waals surface area contributed by atoms with Crippen LogP contribution in [-0.4, -0.2) is 5.54 Å². The summed E-state index contributed by atoms with van der Waals surface area (Å²) in [6.07, 6.45) is 3.67. The van der Waals surface area contributed by atoms with E-state index in [1.54, 1.807) is 0 Å². The molecule has 2 heteroatoms. The molecule has 0 unspecified atom stereocenters. The fourth-order valence-corrected chi connectivity index (χ4v) is 2.73. The highest BCUT2D eigenvalue weighted by atomic mass is 35.5. The summed E-state index contributed by atoms with van der Waals surface area (Å²) in [5, 5.41) is 0.794. The van der Waals surface area contributed by atoms with Gasteiger partial charge in [-0.1, -0.05) is 30.2 Å². The minimum Gasteiger partial charge on any atom is -0.325 e. The highest BCUT2D eigenvalue weighted by molar-refractivity contribution is 6.30. The average molecular weight is 224 g/mol. The van der Waals surface area contributed by atoms with E-state index in [9.17, 15) is 0 Å². The minimum atomic E-state index is -0.154. The van der Waals surface area contributed by atoms with Gasteiger partial charge in [0, 0.05) is 16.0 Å². The van der Waals surface area contributed by atoms with Crippen LogP contribution in [0.5, 0.6) is 0 Å². The number of hydrogen-bond acceptors (Lipinski definition) is 1. The van der Waals surface area contributed by atoms with Gasteiger partial charge in [-0.3, -0.25) is 0 Å². The maximum atomic E-state index is 6.31. The molecule has 0 spiro atoms. The summed E-state index contributed by atoms with van der Waals surface area (Å²) in [6.45, 7) is 4.25. The lowest BCUT2D eigenvalue weighted by atomic mass is 9.55. The van der Waals surface area contributed by atoms with E-state index in [0.717, 1.165) is 5.02 Å². The first-order valence-corrected chi connectivity index (χ1v) is 5.88. The smallest absolute Gasteiger partial charge is 0.0406 e. The van der Waals surface area contributed by atoms with Gasteiger partial charge in [-0.15, -0.1) is 0 Å². The summed E-state index contributed by atoms with van der Waals surface area (Å²) in [5.41, 5.74) is 7.66. The molecule has 0 heterocycles. The van der Waals surface area contributed by atoms with Gasteiger partial charge in [-0.05, 0) is 44.4 Å². The predicted octanol–water partition coefficient (Wildman–Crippen LogP) is 3.50. The highest BCUT2D eigenvalue weighted by Gasteiger charge is 2.48. The minimum absolute atomic E-state index is 0.154. The Morgan fingerprint density at radius 1 is 1.20 bits per heavy atom. The summed E-state index contributed by atoms with van der Waals surface area (Å²) in [5.74, 6) is 0. The van der Waals surface area contributed by atoms with Crippen LogP contribution in [0.15, 0.2) is 24.3 Å². The lowest BCUT2D eigenvalue weighted by molar-refractivity contribution is 0.138. The van der Waals surface area contributed by atoms with Crippen molar-refractivity contribution in [3.8, 4) is 0 Å². The topological polar surface area (TPSA) is 26.0 Å². The predicted molar refractivity (Wildman–Crippen MR) is 65.2 cm³/mol. The largest absolute Gasteiger partial charge is 0.325 e. The Labute approximate surface area is 96.6 Å². The van der Waals surface area contributed by atoms with Crippen molar-refractivity contribution in [2.75, 3.05) is 0 Å². The third-order valence-corrected chi connectivity index (χ3v) is 4.09. The van der Waals surface area contributed by atoms with Crippen LogP contribution >= 0.6 is 11.6 Å². The summed E-state index contributed by atoms with van der Waals surface area (Å²) < 4.78 is 0. The summed E-state index contributed by atoms with van der Waals surface area (Å²) in [4.78, 5) is 0. The van der Waals surface area contributed by atoms with Crippen LogP contribution in [0.2, 0.25) is 5.02 Å². The molecule has 1 nitrogen and oxygen atoms in total. The van der Waals surface area contributed by atoms with Crippen molar-refractivity contribution in [3.05, 3.63) is 34.9 Å². The number of rotatable bonds is 2. The second-order valence-corrected chi connectivity index (χ2v) is 5.60. The molecule has 0 bridgehead atoms. The van der Waals surface area contributed by atoms with E-state index >= 15 is 0 Å². The van der Waals surface area contributed by atoms with Crippen LogP contribution in [-0.2, 0) is 5.41 Å². The van der Waals surface area contributed by atoms with Crippen molar-refractivity contribution in [1.29, 1.82) is 0 Å². The molecule has 0 saturated heterocycles. The quantitative estimate of drug-likeness (QED) is 0.816. The maximum Gasteiger partial charge on any atom is 0.0406 e. The Hall–Kier alpha value is -0.530. The van der Waals surface area contributed by atoms with Gasteiger partial charge in [0.15, 0.2) is 0 Å². The standard InChI is InChI=1S/C13H18ClN/c1-12(2,15)13(8-3-9-13)10-4-6-11(14)7-5-10/h4-7H,3,8-9,15H2,1-2H3. The molecule has 0 atom stereocenters. The third kappa shape index (κ3) is 1.68. The Morgan fingerprint density at radius 3 is 2.07 bits per heavy atom. The monoisotopic (exact) mass is 223 g/mol. The molecule has 2 rings (SSSR count). The molecule has 1 aliphatic carbocycles. The Bertz CT molecular complexity index is 344. The molecule has 0 radical (unpaired) electrons. The summed E-state index contributed by atoms with van der Waals surface area (Å²) >= 11 is 5.91. The van der Waals surface area contributed by atoms with Gasteiger partial charge in [0.2, 0.25) is 0 Å². The van der Waals surface area contributed by atoms with Crippen molar-refractivity contribution in [2.24, 2.45) is 5.73 Å². The first kappa shape index (κ1) is 11.0. The molecule has 1 saturated carbocycles. The molecule has 2 N–H and O–H groups in total. The third-order valence-electron chi connectivity index (χ3n) is 3.84. The SMILES string of the molecule is CC(C)(N)C1(c2ccc(Cl)cc2)CCC1. The fraction of sp³-hybridized carbons (Fsp3) is 0.538. The van der Waals surface area contributed by atoms with E-state index in [2.05, 4.69) is 26.0 Å². The first-order valence-electron chi connectivity index (χ1n) is 5.51. The van der Waals surface area contributed by atoms with Crippen molar-refractivity contribution in [2.45, 2.75) is 44.1 Å². The molecule has 0 amide bonds. The van der Waals surface area contributed by atoms with E-state index in [0.29, 0.717) is 0 Å². The van der Waals surface area contributed by atoms with Gasteiger partial charge in [-0.25, -0.2) is 0 Å². The van der Waals surface area contributed by atoms with E-state index in [1.807, 2.05) is 12.1 Å². The van der Waals surface area contributed by atoms with Crippen LogP contribution in [0.3, 0.4) is 0 Å². The molecule has 1 aromatic carbocycles. The maximum absolute atomic E-state index is 6.31. The normalized spacial score (nSPS) is 19.7. The molecule has 15 heavy (non-hydrogen) atoms. The number of nitrogens with two attached hydrogens (primary N) is 1. The van der Waals surface area contributed by atoms with Crippen LogP contribution < -0.4 is 5.73 Å². The zero-order chi connectivity index (χ0) is 11.1. The number of hydrogen-bond donors (Lipinski definition) is 1. The lowest BCUT2D eigenvalue weighted by Crippen LogP contribution is -2.57. The molecule has 0 aromatic heterocycles. The Morgan fingerprint density at radius 2 is 1.73 bits per heavy atom. The molecule has 82 valence electrons. The highest BCUT2D eigenvalue weighted by Crippen LogP contribution is 2.50. The van der Waals surface area contributed by atoms with Gasteiger partial charge in [0.25, 0.3) is 0 Å². The second-order valence-electron chi connectivity index (χ2n) is 5.16. The van der Waals surface area contributed by atoms with Crippen LogP contribution in [0.25, 0.3) is 0 Å².